The van der Waals surface area contributed by atoms with Crippen LogP contribution in [-0.2, 0) is 22.7 Å². The summed E-state index contributed by atoms with van der Waals surface area (Å²) in [7, 11) is 0. The average Bonchev–Trinajstić information content (AvgIpc) is 2.79. The lowest BCUT2D eigenvalue weighted by molar-refractivity contribution is -0.144. The van der Waals surface area contributed by atoms with Gasteiger partial charge in [0.05, 0.1) is 0 Å². The number of rotatable bonds is 8. The van der Waals surface area contributed by atoms with Crippen molar-refractivity contribution in [1.82, 2.24) is 10.2 Å². The summed E-state index contributed by atoms with van der Waals surface area (Å²) >= 11 is 0. The van der Waals surface area contributed by atoms with Gasteiger partial charge in [-0.1, -0.05) is 105 Å². The summed E-state index contributed by atoms with van der Waals surface area (Å²) in [5.74, 6) is -0.459. The Morgan fingerprint density at radius 1 is 0.767 bits per heavy atom. The highest BCUT2D eigenvalue weighted by molar-refractivity contribution is 5.89. The van der Waals surface area contributed by atoms with Crippen LogP contribution in [0.3, 0.4) is 0 Å². The van der Waals surface area contributed by atoms with E-state index in [1.54, 1.807) is 4.90 Å². The molecule has 3 aromatic carbocycles. The molecule has 0 aliphatic heterocycles. The number of carbonyl (C=O) groups is 2. The molecule has 4 heteroatoms. The molecule has 0 heterocycles. The molecule has 0 aliphatic rings. The third kappa shape index (κ3) is 5.57. The monoisotopic (exact) mass is 400 g/mol. The van der Waals surface area contributed by atoms with Gasteiger partial charge in [0.15, 0.2) is 0 Å². The summed E-state index contributed by atoms with van der Waals surface area (Å²) in [4.78, 5) is 28.2. The molecular formula is C26H28N2O2. The van der Waals surface area contributed by atoms with Crippen LogP contribution in [0, 0.1) is 5.92 Å². The summed E-state index contributed by atoms with van der Waals surface area (Å²) in [6.07, 6.45) is 0. The fourth-order valence-electron chi connectivity index (χ4n) is 3.40. The van der Waals surface area contributed by atoms with Gasteiger partial charge < -0.3 is 10.2 Å². The van der Waals surface area contributed by atoms with Crippen molar-refractivity contribution in [2.24, 2.45) is 5.92 Å². The maximum atomic E-state index is 13.4. The minimum absolute atomic E-state index is 0.0532. The van der Waals surface area contributed by atoms with Crippen LogP contribution in [0.4, 0.5) is 0 Å². The molecule has 0 saturated heterocycles. The lowest BCUT2D eigenvalue weighted by Gasteiger charge is -2.33. The smallest absolute Gasteiger partial charge is 0.247 e. The third-order valence-corrected chi connectivity index (χ3v) is 4.96. The van der Waals surface area contributed by atoms with Crippen molar-refractivity contribution in [2.45, 2.75) is 33.0 Å². The number of hydrogen-bond acceptors (Lipinski definition) is 2. The molecule has 0 spiro atoms. The normalized spacial score (nSPS) is 11.7. The Morgan fingerprint density at radius 3 is 1.80 bits per heavy atom. The maximum Gasteiger partial charge on any atom is 0.247 e. The van der Waals surface area contributed by atoms with Crippen molar-refractivity contribution in [2.75, 3.05) is 0 Å². The molecule has 0 aromatic heterocycles. The number of benzene rings is 3. The Bertz CT molecular complexity index is 941. The van der Waals surface area contributed by atoms with Crippen LogP contribution in [0.15, 0.2) is 91.0 Å². The van der Waals surface area contributed by atoms with Crippen LogP contribution >= 0.6 is 0 Å². The highest BCUT2D eigenvalue weighted by Crippen LogP contribution is 2.25. The first kappa shape index (κ1) is 21.3. The van der Waals surface area contributed by atoms with Crippen molar-refractivity contribution in [3.8, 4) is 0 Å². The number of carbonyl (C=O) groups excluding carboxylic acids is 2. The first-order valence-corrected chi connectivity index (χ1v) is 10.3. The highest BCUT2D eigenvalue weighted by atomic mass is 16.2. The lowest BCUT2D eigenvalue weighted by Crippen LogP contribution is -2.44. The Kier molecular flexibility index (Phi) is 7.39. The van der Waals surface area contributed by atoms with Crippen molar-refractivity contribution in [3.05, 3.63) is 108 Å². The molecule has 154 valence electrons. The topological polar surface area (TPSA) is 49.4 Å². The second-order valence-electron chi connectivity index (χ2n) is 7.62. The van der Waals surface area contributed by atoms with Gasteiger partial charge in [0.25, 0.3) is 0 Å². The first-order chi connectivity index (χ1) is 14.6. The largest absolute Gasteiger partial charge is 0.350 e. The van der Waals surface area contributed by atoms with Gasteiger partial charge in [-0.25, -0.2) is 0 Å². The van der Waals surface area contributed by atoms with Crippen LogP contribution < -0.4 is 5.32 Å². The van der Waals surface area contributed by atoms with Gasteiger partial charge in [0, 0.05) is 19.0 Å². The number of hydrogen-bond donors (Lipinski definition) is 1. The molecule has 2 amide bonds. The van der Waals surface area contributed by atoms with Gasteiger partial charge in [-0.2, -0.15) is 0 Å². The van der Waals surface area contributed by atoms with E-state index >= 15 is 0 Å². The van der Waals surface area contributed by atoms with Crippen LogP contribution in [0.5, 0.6) is 0 Å². The third-order valence-electron chi connectivity index (χ3n) is 4.96. The predicted octanol–water partition coefficient (Wildman–Crippen LogP) is 4.73. The van der Waals surface area contributed by atoms with Crippen LogP contribution in [-0.4, -0.2) is 16.7 Å². The molecule has 3 rings (SSSR count). The van der Waals surface area contributed by atoms with E-state index in [0.717, 1.165) is 16.7 Å². The molecule has 1 atom stereocenters. The highest BCUT2D eigenvalue weighted by Gasteiger charge is 2.32. The quantitative estimate of drug-likeness (QED) is 0.594. The zero-order valence-corrected chi connectivity index (χ0v) is 17.5. The number of amides is 2. The molecule has 0 bridgehead atoms. The second-order valence-corrected chi connectivity index (χ2v) is 7.62. The lowest BCUT2D eigenvalue weighted by atomic mass is 10.0. The fourth-order valence-corrected chi connectivity index (χ4v) is 3.40. The minimum Gasteiger partial charge on any atom is -0.350 e. The molecule has 0 radical (unpaired) electrons. The SMILES string of the molecule is CC(C)C(=O)N(Cc1ccccc1)[C@@H](C(=O)NCc1ccccc1)c1ccccc1. The van der Waals surface area contributed by atoms with Crippen LogP contribution in [0.1, 0.15) is 36.6 Å². The van der Waals surface area contributed by atoms with E-state index in [9.17, 15) is 9.59 Å². The molecule has 0 fully saturated rings. The molecule has 3 aromatic rings. The van der Waals surface area contributed by atoms with Crippen LogP contribution in [0.25, 0.3) is 0 Å². The zero-order valence-electron chi connectivity index (χ0n) is 17.5. The van der Waals surface area contributed by atoms with Gasteiger partial charge in [0.2, 0.25) is 11.8 Å². The van der Waals surface area contributed by atoms with Gasteiger partial charge >= 0.3 is 0 Å². The van der Waals surface area contributed by atoms with E-state index in [-0.39, 0.29) is 17.7 Å². The van der Waals surface area contributed by atoms with Gasteiger partial charge in [0.1, 0.15) is 6.04 Å². The maximum absolute atomic E-state index is 13.4. The summed E-state index contributed by atoms with van der Waals surface area (Å²) < 4.78 is 0. The molecular weight excluding hydrogens is 372 g/mol. The van der Waals surface area contributed by atoms with E-state index in [4.69, 9.17) is 0 Å². The Balaban J connectivity index is 1.92. The summed E-state index contributed by atoms with van der Waals surface area (Å²) in [5, 5.41) is 3.02. The summed E-state index contributed by atoms with van der Waals surface area (Å²) in [6, 6.07) is 28.4. The van der Waals surface area contributed by atoms with E-state index in [1.165, 1.54) is 0 Å². The predicted molar refractivity (Wildman–Crippen MR) is 119 cm³/mol. The zero-order chi connectivity index (χ0) is 21.3. The van der Waals surface area contributed by atoms with Crippen molar-refractivity contribution in [3.63, 3.8) is 0 Å². The molecule has 0 saturated carbocycles. The number of nitrogens with one attached hydrogen (secondary N) is 1. The van der Waals surface area contributed by atoms with E-state index in [1.807, 2.05) is 105 Å². The van der Waals surface area contributed by atoms with Gasteiger partial charge in [-0.15, -0.1) is 0 Å². The minimum atomic E-state index is -0.704. The summed E-state index contributed by atoms with van der Waals surface area (Å²) in [6.45, 7) is 4.52. The van der Waals surface area contributed by atoms with Crippen molar-refractivity contribution in [1.29, 1.82) is 0 Å². The van der Waals surface area contributed by atoms with Gasteiger partial charge in [-0.3, -0.25) is 9.59 Å². The summed E-state index contributed by atoms with van der Waals surface area (Å²) in [5.41, 5.74) is 2.80. The van der Waals surface area contributed by atoms with E-state index in [2.05, 4.69) is 5.32 Å². The van der Waals surface area contributed by atoms with Crippen LogP contribution in [0.2, 0.25) is 0 Å². The Labute approximate surface area is 178 Å². The Hall–Kier alpha value is -3.40. The molecule has 0 aliphatic carbocycles. The molecule has 4 nitrogen and oxygen atoms in total. The van der Waals surface area contributed by atoms with Crippen molar-refractivity contribution < 1.29 is 9.59 Å². The standard InChI is InChI=1S/C26H28N2O2/c1-20(2)26(30)28(19-22-14-8-4-9-15-22)24(23-16-10-5-11-17-23)25(29)27-18-21-12-6-3-7-13-21/h3-17,20,24H,18-19H2,1-2H3,(H,27,29)/t24-/m1/s1. The second kappa shape index (κ2) is 10.4. The van der Waals surface area contributed by atoms with Gasteiger partial charge in [-0.05, 0) is 16.7 Å². The van der Waals surface area contributed by atoms with E-state index in [0.29, 0.717) is 13.1 Å². The molecule has 30 heavy (non-hydrogen) atoms. The average molecular weight is 401 g/mol. The number of nitrogens with zero attached hydrogens (tertiary/aromatic N) is 1. The Morgan fingerprint density at radius 2 is 1.27 bits per heavy atom. The molecule has 1 N–H and O–H groups in total. The molecule has 0 unspecified atom stereocenters. The van der Waals surface area contributed by atoms with Crippen molar-refractivity contribution >= 4 is 11.8 Å². The first-order valence-electron chi connectivity index (χ1n) is 10.3. The fraction of sp³-hybridized carbons (Fsp3) is 0.231. The van der Waals surface area contributed by atoms with E-state index < -0.39 is 6.04 Å².